The van der Waals surface area contributed by atoms with Crippen molar-refractivity contribution >= 4 is 33.9 Å². The summed E-state index contributed by atoms with van der Waals surface area (Å²) in [4.78, 5) is 36.9. The number of anilines is 1. The first-order chi connectivity index (χ1) is 18.8. The van der Waals surface area contributed by atoms with E-state index in [9.17, 15) is 9.90 Å². The van der Waals surface area contributed by atoms with Gasteiger partial charge in [0.15, 0.2) is 17.0 Å². The van der Waals surface area contributed by atoms with Crippen molar-refractivity contribution in [3.63, 3.8) is 0 Å². The van der Waals surface area contributed by atoms with Gasteiger partial charge in [0.05, 0.1) is 37.0 Å². The number of amides is 1. The zero-order valence-corrected chi connectivity index (χ0v) is 22.8. The summed E-state index contributed by atoms with van der Waals surface area (Å²) in [5, 5.41) is 10.4. The van der Waals surface area contributed by atoms with Crippen molar-refractivity contribution in [2.75, 3.05) is 51.4 Å². The summed E-state index contributed by atoms with van der Waals surface area (Å²) in [5.41, 5.74) is 1.94. The smallest absolute Gasteiger partial charge is 0.304 e. The first-order valence-electron chi connectivity index (χ1n) is 13.4. The van der Waals surface area contributed by atoms with Gasteiger partial charge in [-0.2, -0.15) is 15.0 Å². The Balaban J connectivity index is 1.45. The molecule has 0 saturated carbocycles. The summed E-state index contributed by atoms with van der Waals surface area (Å²) in [7, 11) is 3.39. The first-order valence-corrected chi connectivity index (χ1v) is 13.4. The molecule has 206 valence electrons. The third kappa shape index (κ3) is 4.47. The zero-order chi connectivity index (χ0) is 27.3. The summed E-state index contributed by atoms with van der Waals surface area (Å²) >= 11 is 0. The molecule has 2 fully saturated rings. The minimum Gasteiger partial charge on any atom is -0.468 e. The van der Waals surface area contributed by atoms with Crippen LogP contribution < -0.4 is 9.64 Å². The maximum absolute atomic E-state index is 13.7. The van der Waals surface area contributed by atoms with Crippen LogP contribution in [0, 0.1) is 5.92 Å². The summed E-state index contributed by atoms with van der Waals surface area (Å²) < 4.78 is 14.7. The van der Waals surface area contributed by atoms with Gasteiger partial charge in [-0.3, -0.25) is 4.79 Å². The number of likely N-dealkylation sites (tertiary alicyclic amines) is 1. The molecular formula is C27H34N8O4. The van der Waals surface area contributed by atoms with E-state index in [-0.39, 0.29) is 11.8 Å². The SMILES string of the molecule is COc1nc2ccccc2n1-c1nc(N2CCOCC2)c2nc(C(=O)N3CCC(C(C)(C)O)CC3)n(C)c2n1. The number of rotatable bonds is 5. The van der Waals surface area contributed by atoms with Crippen LogP contribution in [-0.2, 0) is 11.8 Å². The number of benzene rings is 1. The predicted molar refractivity (Wildman–Crippen MR) is 145 cm³/mol. The monoisotopic (exact) mass is 534 g/mol. The number of ether oxygens (including phenoxy) is 2. The van der Waals surface area contributed by atoms with Crippen LogP contribution in [0.5, 0.6) is 6.01 Å². The second-order valence-electron chi connectivity index (χ2n) is 10.8. The molecule has 0 aliphatic carbocycles. The van der Waals surface area contributed by atoms with Crippen LogP contribution in [0.25, 0.3) is 28.1 Å². The van der Waals surface area contributed by atoms with Crippen LogP contribution >= 0.6 is 0 Å². The topological polar surface area (TPSA) is 124 Å². The molecule has 0 unspecified atom stereocenters. The van der Waals surface area contributed by atoms with E-state index in [4.69, 9.17) is 24.4 Å². The fraction of sp³-hybridized carbons (Fsp3) is 0.519. The number of methoxy groups -OCH3 is 1. The molecule has 1 aromatic carbocycles. The highest BCUT2D eigenvalue weighted by molar-refractivity contribution is 5.96. The van der Waals surface area contributed by atoms with E-state index in [1.807, 2.05) is 50.1 Å². The van der Waals surface area contributed by atoms with Crippen molar-refractivity contribution < 1.29 is 19.4 Å². The molecule has 0 atom stereocenters. The number of imidazole rings is 2. The molecule has 12 nitrogen and oxygen atoms in total. The quantitative estimate of drug-likeness (QED) is 0.410. The minimum atomic E-state index is -0.759. The molecule has 2 aliphatic heterocycles. The maximum Gasteiger partial charge on any atom is 0.304 e. The number of carbonyl (C=O) groups is 1. The Labute approximate surface area is 226 Å². The number of morpholine rings is 1. The molecule has 2 saturated heterocycles. The highest BCUT2D eigenvalue weighted by Crippen LogP contribution is 2.32. The molecule has 3 aromatic heterocycles. The van der Waals surface area contributed by atoms with Gasteiger partial charge in [0, 0.05) is 33.2 Å². The number of hydrogen-bond donors (Lipinski definition) is 1. The molecule has 1 N–H and O–H groups in total. The van der Waals surface area contributed by atoms with Crippen LogP contribution in [-0.4, -0.2) is 97.1 Å². The second-order valence-corrected chi connectivity index (χ2v) is 10.8. The number of piperidine rings is 1. The fourth-order valence-electron chi connectivity index (χ4n) is 5.59. The van der Waals surface area contributed by atoms with Gasteiger partial charge in [0.25, 0.3) is 5.91 Å². The number of aliphatic hydroxyl groups is 1. The lowest BCUT2D eigenvalue weighted by Gasteiger charge is -2.37. The Morgan fingerprint density at radius 1 is 1.05 bits per heavy atom. The molecular weight excluding hydrogens is 500 g/mol. The number of fused-ring (bicyclic) bond motifs is 2. The lowest BCUT2D eigenvalue weighted by atomic mass is 9.83. The van der Waals surface area contributed by atoms with E-state index >= 15 is 0 Å². The number of aryl methyl sites for hydroxylation is 1. The van der Waals surface area contributed by atoms with Gasteiger partial charge in [-0.05, 0) is 44.7 Å². The molecule has 0 radical (unpaired) electrons. The van der Waals surface area contributed by atoms with Crippen molar-refractivity contribution in [1.29, 1.82) is 0 Å². The molecule has 4 aromatic rings. The minimum absolute atomic E-state index is 0.148. The molecule has 2 aliphatic rings. The normalized spacial score (nSPS) is 17.4. The molecule has 0 spiro atoms. The van der Waals surface area contributed by atoms with Crippen LogP contribution in [0.2, 0.25) is 0 Å². The highest BCUT2D eigenvalue weighted by atomic mass is 16.5. The van der Waals surface area contributed by atoms with Crippen molar-refractivity contribution in [3.8, 4) is 12.0 Å². The average molecular weight is 535 g/mol. The Morgan fingerprint density at radius 2 is 1.77 bits per heavy atom. The van der Waals surface area contributed by atoms with Crippen molar-refractivity contribution in [3.05, 3.63) is 30.1 Å². The number of para-hydroxylation sites is 2. The van der Waals surface area contributed by atoms with E-state index in [2.05, 4.69) is 9.88 Å². The molecule has 6 rings (SSSR count). The lowest BCUT2D eigenvalue weighted by molar-refractivity contribution is -0.0110. The lowest BCUT2D eigenvalue weighted by Crippen LogP contribution is -2.44. The average Bonchev–Trinajstić information content (AvgIpc) is 3.50. The van der Waals surface area contributed by atoms with Gasteiger partial charge >= 0.3 is 6.01 Å². The van der Waals surface area contributed by atoms with Crippen LogP contribution in [0.1, 0.15) is 37.3 Å². The second kappa shape index (κ2) is 9.76. The summed E-state index contributed by atoms with van der Waals surface area (Å²) in [6.45, 7) is 7.27. The standard InChI is InChI=1S/C27H34N8O4/c1-27(2,37)17-9-11-34(12-10-17)24(36)23-29-20-21(32(23)3)30-25(31-22(20)33-13-15-39-16-14-33)35-19-8-6-5-7-18(19)28-26(35)38-4/h5-8,17,37H,9-16H2,1-4H3. The van der Waals surface area contributed by atoms with Crippen LogP contribution in [0.15, 0.2) is 24.3 Å². The number of aromatic nitrogens is 6. The van der Waals surface area contributed by atoms with E-state index in [1.54, 1.807) is 16.2 Å². The van der Waals surface area contributed by atoms with E-state index < -0.39 is 5.60 Å². The van der Waals surface area contributed by atoms with Crippen molar-refractivity contribution in [1.82, 2.24) is 34.0 Å². The Morgan fingerprint density at radius 3 is 2.46 bits per heavy atom. The van der Waals surface area contributed by atoms with Crippen LogP contribution in [0.4, 0.5) is 5.82 Å². The molecule has 1 amide bonds. The van der Waals surface area contributed by atoms with E-state index in [1.165, 1.54) is 0 Å². The van der Waals surface area contributed by atoms with Gasteiger partial charge in [-0.1, -0.05) is 12.1 Å². The summed E-state index contributed by atoms with van der Waals surface area (Å²) in [5.74, 6) is 1.36. The molecule has 5 heterocycles. The van der Waals surface area contributed by atoms with Gasteiger partial charge in [-0.15, -0.1) is 0 Å². The molecule has 12 heteroatoms. The Bertz CT molecular complexity index is 1520. The zero-order valence-electron chi connectivity index (χ0n) is 22.8. The fourth-order valence-corrected chi connectivity index (χ4v) is 5.59. The molecule has 0 bridgehead atoms. The predicted octanol–water partition coefficient (Wildman–Crippen LogP) is 2.17. The maximum atomic E-state index is 13.7. The number of hydrogen-bond acceptors (Lipinski definition) is 9. The molecule has 39 heavy (non-hydrogen) atoms. The van der Waals surface area contributed by atoms with Gasteiger partial charge in [-0.25, -0.2) is 9.55 Å². The van der Waals surface area contributed by atoms with Gasteiger partial charge in [0.2, 0.25) is 11.8 Å². The number of nitrogens with zero attached hydrogens (tertiary/aromatic N) is 8. The van der Waals surface area contributed by atoms with E-state index in [0.717, 1.165) is 23.9 Å². The Hall–Kier alpha value is -3.77. The Kier molecular flexibility index (Phi) is 6.38. The van der Waals surface area contributed by atoms with Crippen LogP contribution in [0.3, 0.4) is 0 Å². The van der Waals surface area contributed by atoms with Gasteiger partial charge in [0.1, 0.15) is 0 Å². The van der Waals surface area contributed by atoms with Crippen molar-refractivity contribution in [2.24, 2.45) is 13.0 Å². The summed E-state index contributed by atoms with van der Waals surface area (Å²) in [6, 6.07) is 8.09. The third-order valence-electron chi connectivity index (χ3n) is 7.88. The van der Waals surface area contributed by atoms with Gasteiger partial charge < -0.3 is 28.9 Å². The third-order valence-corrected chi connectivity index (χ3v) is 7.88. The first kappa shape index (κ1) is 25.5. The van der Waals surface area contributed by atoms with Crippen molar-refractivity contribution in [2.45, 2.75) is 32.3 Å². The van der Waals surface area contributed by atoms with E-state index in [0.29, 0.717) is 74.2 Å². The summed E-state index contributed by atoms with van der Waals surface area (Å²) in [6.07, 6.45) is 1.49. The number of carbonyl (C=O) groups excluding carboxylic acids is 1. The highest BCUT2D eigenvalue weighted by Gasteiger charge is 2.34. The largest absolute Gasteiger partial charge is 0.468 e.